The Bertz CT molecular complexity index is 1630. The Labute approximate surface area is 264 Å². The fraction of sp³-hybridized carbons (Fsp3) is 0.300. The average molecular weight is 637 g/mol. The molecule has 0 spiro atoms. The van der Waals surface area contributed by atoms with Gasteiger partial charge >= 0.3 is 6.09 Å². The zero-order chi connectivity index (χ0) is 31.1. The number of methoxy groups -OCH3 is 1. The highest BCUT2D eigenvalue weighted by Crippen LogP contribution is 2.32. The third kappa shape index (κ3) is 7.76. The molecular weight excluding hydrogens is 605 g/mol. The van der Waals surface area contributed by atoms with Crippen molar-refractivity contribution < 1.29 is 14.3 Å². The van der Waals surface area contributed by atoms with E-state index in [1.807, 2.05) is 18.2 Å². The lowest BCUT2D eigenvalue weighted by Gasteiger charge is -2.22. The van der Waals surface area contributed by atoms with Gasteiger partial charge in [0.1, 0.15) is 6.33 Å². The van der Waals surface area contributed by atoms with E-state index in [-0.39, 0.29) is 11.1 Å². The molecule has 228 valence electrons. The van der Waals surface area contributed by atoms with Crippen LogP contribution in [0.4, 0.5) is 10.5 Å². The van der Waals surface area contributed by atoms with Gasteiger partial charge in [-0.2, -0.15) is 9.78 Å². The van der Waals surface area contributed by atoms with E-state index in [1.165, 1.54) is 24.2 Å². The Balaban J connectivity index is 1.40. The van der Waals surface area contributed by atoms with Crippen LogP contribution in [0.2, 0.25) is 10.2 Å². The molecule has 2 aromatic carbocycles. The first-order valence-electron chi connectivity index (χ1n) is 14.0. The van der Waals surface area contributed by atoms with Crippen molar-refractivity contribution in [3.05, 3.63) is 82.4 Å². The van der Waals surface area contributed by atoms with E-state index in [4.69, 9.17) is 23.2 Å². The molecule has 1 saturated heterocycles. The molecule has 14 heteroatoms. The number of ether oxygens (including phenoxy) is 1. The monoisotopic (exact) mass is 635 g/mol. The highest BCUT2D eigenvalue weighted by Gasteiger charge is 2.27. The summed E-state index contributed by atoms with van der Waals surface area (Å²) in [7, 11) is 1.30. The smallest absolute Gasteiger partial charge is 0.411 e. The first-order chi connectivity index (χ1) is 21.3. The number of amides is 2. The van der Waals surface area contributed by atoms with Gasteiger partial charge in [0.25, 0.3) is 0 Å². The maximum atomic E-state index is 13.3. The zero-order valence-electron chi connectivity index (χ0n) is 24.2. The highest BCUT2D eigenvalue weighted by molar-refractivity contribution is 6.32. The lowest BCUT2D eigenvalue weighted by atomic mass is 9.95. The second-order valence-corrected chi connectivity index (χ2v) is 11.1. The summed E-state index contributed by atoms with van der Waals surface area (Å²) < 4.78 is 6.15. The number of aromatic nitrogens is 6. The van der Waals surface area contributed by atoms with Crippen molar-refractivity contribution in [3.8, 4) is 16.8 Å². The van der Waals surface area contributed by atoms with Gasteiger partial charge in [-0.3, -0.25) is 10.1 Å². The van der Waals surface area contributed by atoms with E-state index in [0.29, 0.717) is 45.6 Å². The lowest BCUT2D eigenvalue weighted by Crippen LogP contribution is -2.30. The van der Waals surface area contributed by atoms with Crippen molar-refractivity contribution in [2.45, 2.75) is 25.8 Å². The Kier molecular flexibility index (Phi) is 10.2. The van der Waals surface area contributed by atoms with Crippen LogP contribution >= 0.6 is 23.2 Å². The number of likely N-dealkylation sites (tertiary alicyclic amines) is 1. The van der Waals surface area contributed by atoms with E-state index in [2.05, 4.69) is 52.9 Å². The van der Waals surface area contributed by atoms with E-state index < -0.39 is 12.1 Å². The maximum absolute atomic E-state index is 13.3. The van der Waals surface area contributed by atoms with Crippen molar-refractivity contribution in [3.63, 3.8) is 0 Å². The summed E-state index contributed by atoms with van der Waals surface area (Å²) in [6.45, 7) is 5.08. The predicted octanol–water partition coefficient (Wildman–Crippen LogP) is 5.21. The molecule has 2 N–H and O–H groups in total. The summed E-state index contributed by atoms with van der Waals surface area (Å²) >= 11 is 12.7. The number of halogens is 2. The van der Waals surface area contributed by atoms with Crippen LogP contribution in [-0.4, -0.2) is 74.0 Å². The second kappa shape index (κ2) is 14.4. The molecule has 1 aliphatic rings. The normalized spacial score (nSPS) is 15.8. The number of benzene rings is 2. The molecule has 0 radical (unpaired) electrons. The van der Waals surface area contributed by atoms with Crippen LogP contribution in [-0.2, 0) is 9.53 Å². The molecule has 3 heterocycles. The van der Waals surface area contributed by atoms with Crippen molar-refractivity contribution >= 4 is 47.0 Å². The number of nitrogens with one attached hydrogen (secondary N) is 2. The Hall–Kier alpha value is -4.39. The van der Waals surface area contributed by atoms with E-state index in [0.717, 1.165) is 31.6 Å². The minimum Gasteiger partial charge on any atom is -0.453 e. The Morgan fingerprint density at radius 3 is 2.66 bits per heavy atom. The minimum absolute atomic E-state index is 0.224. The first kappa shape index (κ1) is 31.0. The SMILES string of the molecule is CCN1CCC(CC(NC(=O)C=Cc2cc(Cl)ccc2-n2cnnn2)c2cc(-c3ccc(NC(=O)OC)cc3)c(Cl)nn2)C1. The van der Waals surface area contributed by atoms with Gasteiger partial charge in [0.05, 0.1) is 24.5 Å². The van der Waals surface area contributed by atoms with Gasteiger partial charge in [-0.1, -0.05) is 42.3 Å². The second-order valence-electron chi connectivity index (χ2n) is 10.3. The summed E-state index contributed by atoms with van der Waals surface area (Å²) in [6.07, 6.45) is 5.74. The summed E-state index contributed by atoms with van der Waals surface area (Å²) in [5.74, 6) is 0.0627. The number of nitrogens with zero attached hydrogens (tertiary/aromatic N) is 7. The molecule has 2 unspecified atom stereocenters. The minimum atomic E-state index is -0.563. The number of hydrogen-bond acceptors (Lipinski definition) is 9. The fourth-order valence-electron chi connectivity index (χ4n) is 5.17. The number of rotatable bonds is 10. The van der Waals surface area contributed by atoms with E-state index in [9.17, 15) is 9.59 Å². The number of carbonyl (C=O) groups excluding carboxylic acids is 2. The van der Waals surface area contributed by atoms with Crippen LogP contribution in [0.1, 0.15) is 37.1 Å². The summed E-state index contributed by atoms with van der Waals surface area (Å²) in [5, 5.41) is 26.5. The molecule has 2 atom stereocenters. The number of anilines is 1. The van der Waals surface area contributed by atoms with Gasteiger partial charge in [-0.25, -0.2) is 4.79 Å². The molecule has 1 aliphatic heterocycles. The van der Waals surface area contributed by atoms with E-state index in [1.54, 1.807) is 36.4 Å². The molecule has 5 rings (SSSR count). The van der Waals surface area contributed by atoms with Crippen LogP contribution in [0, 0.1) is 5.92 Å². The molecule has 2 aromatic heterocycles. The van der Waals surface area contributed by atoms with Crippen LogP contribution in [0.25, 0.3) is 22.9 Å². The third-order valence-corrected chi connectivity index (χ3v) is 7.97. The first-order valence-corrected chi connectivity index (χ1v) is 14.8. The standard InChI is InChI=1S/C30H31Cl2N9O3/c1-3-40-13-12-19(17-40)14-25(35-28(42)11-6-21-15-22(31)7-10-27(21)41-18-33-38-39-41)26-16-24(29(32)37-36-26)20-4-8-23(9-5-20)34-30(43)44-2/h4-11,15-16,18-19,25H,3,12-14,17H2,1-2H3,(H,34,43)(H,35,42). The Morgan fingerprint density at radius 1 is 1.14 bits per heavy atom. The number of hydrogen-bond donors (Lipinski definition) is 2. The molecule has 1 fully saturated rings. The van der Waals surface area contributed by atoms with Gasteiger partial charge in [0, 0.05) is 34.5 Å². The summed E-state index contributed by atoms with van der Waals surface area (Å²) in [6, 6.07) is 13.8. The topological polar surface area (TPSA) is 140 Å². The molecule has 12 nitrogen and oxygen atoms in total. The van der Waals surface area contributed by atoms with Crippen molar-refractivity contribution in [2.75, 3.05) is 32.1 Å². The van der Waals surface area contributed by atoms with Crippen LogP contribution in [0.5, 0.6) is 0 Å². The molecular formula is C30H31Cl2N9O3. The average Bonchev–Trinajstić information content (AvgIpc) is 3.73. The molecule has 44 heavy (non-hydrogen) atoms. The lowest BCUT2D eigenvalue weighted by molar-refractivity contribution is -0.117. The molecule has 0 aliphatic carbocycles. The molecule has 4 aromatic rings. The largest absolute Gasteiger partial charge is 0.453 e. The third-order valence-electron chi connectivity index (χ3n) is 7.45. The fourth-order valence-corrected chi connectivity index (χ4v) is 5.55. The van der Waals surface area contributed by atoms with E-state index >= 15 is 0 Å². The van der Waals surface area contributed by atoms with Crippen LogP contribution < -0.4 is 10.6 Å². The van der Waals surface area contributed by atoms with Gasteiger partial charge in [0.15, 0.2) is 5.15 Å². The number of tetrazole rings is 1. The van der Waals surface area contributed by atoms with Crippen LogP contribution in [0.3, 0.4) is 0 Å². The molecule has 0 bridgehead atoms. The quantitative estimate of drug-likeness (QED) is 0.225. The van der Waals surface area contributed by atoms with Crippen molar-refractivity contribution in [2.24, 2.45) is 5.92 Å². The highest BCUT2D eigenvalue weighted by atomic mass is 35.5. The maximum Gasteiger partial charge on any atom is 0.411 e. The van der Waals surface area contributed by atoms with Gasteiger partial charge in [-0.15, -0.1) is 10.2 Å². The van der Waals surface area contributed by atoms with Gasteiger partial charge in [-0.05, 0) is 90.3 Å². The van der Waals surface area contributed by atoms with Gasteiger partial charge < -0.3 is 15.0 Å². The predicted molar refractivity (Wildman–Crippen MR) is 167 cm³/mol. The van der Waals surface area contributed by atoms with Crippen LogP contribution in [0.15, 0.2) is 60.9 Å². The summed E-state index contributed by atoms with van der Waals surface area (Å²) in [5.41, 5.74) is 3.94. The van der Waals surface area contributed by atoms with Crippen molar-refractivity contribution in [1.82, 2.24) is 40.6 Å². The Morgan fingerprint density at radius 2 is 1.95 bits per heavy atom. The summed E-state index contributed by atoms with van der Waals surface area (Å²) in [4.78, 5) is 27.3. The molecule has 0 saturated carbocycles. The van der Waals surface area contributed by atoms with Gasteiger partial charge in [0.2, 0.25) is 5.91 Å². The molecule has 2 amide bonds. The number of carbonyl (C=O) groups is 2. The van der Waals surface area contributed by atoms with Crippen molar-refractivity contribution in [1.29, 1.82) is 0 Å². The zero-order valence-corrected chi connectivity index (χ0v) is 25.7.